The summed E-state index contributed by atoms with van der Waals surface area (Å²) in [7, 11) is -2.35. The zero-order chi connectivity index (χ0) is 15.6. The van der Waals surface area contributed by atoms with Crippen molar-refractivity contribution in [2.75, 3.05) is 11.9 Å². The van der Waals surface area contributed by atoms with Crippen LogP contribution >= 0.6 is 11.3 Å². The SMILES string of the molecule is CN(Cc1cccs1)c1ccc([N+](=O)[O-])cc1S(N)(=O)=O. The van der Waals surface area contributed by atoms with Crippen LogP contribution in [0.4, 0.5) is 11.4 Å². The van der Waals surface area contributed by atoms with Gasteiger partial charge in [0.05, 0.1) is 17.2 Å². The predicted molar refractivity (Wildman–Crippen MR) is 80.9 cm³/mol. The lowest BCUT2D eigenvalue weighted by molar-refractivity contribution is -0.385. The van der Waals surface area contributed by atoms with Crippen molar-refractivity contribution in [1.82, 2.24) is 0 Å². The second-order valence-corrected chi connectivity index (χ2v) is 6.95. The Balaban J connectivity index is 2.45. The molecule has 112 valence electrons. The number of anilines is 1. The van der Waals surface area contributed by atoms with Crippen molar-refractivity contribution in [3.8, 4) is 0 Å². The number of nitrogens with zero attached hydrogens (tertiary/aromatic N) is 2. The quantitative estimate of drug-likeness (QED) is 0.667. The molecule has 1 heterocycles. The monoisotopic (exact) mass is 327 g/mol. The highest BCUT2D eigenvalue weighted by molar-refractivity contribution is 7.89. The topological polar surface area (TPSA) is 107 Å². The number of hydrogen-bond acceptors (Lipinski definition) is 6. The Bertz CT molecular complexity index is 757. The summed E-state index contributed by atoms with van der Waals surface area (Å²) in [6.07, 6.45) is 0. The van der Waals surface area contributed by atoms with Gasteiger partial charge in [0.25, 0.3) is 5.69 Å². The predicted octanol–water partition coefficient (Wildman–Crippen LogP) is 1.94. The highest BCUT2D eigenvalue weighted by atomic mass is 32.2. The third-order valence-corrected chi connectivity index (χ3v) is 4.65. The van der Waals surface area contributed by atoms with Gasteiger partial charge in [0, 0.05) is 24.1 Å². The smallest absolute Gasteiger partial charge is 0.270 e. The average molecular weight is 327 g/mol. The minimum absolute atomic E-state index is 0.254. The normalized spacial score (nSPS) is 11.3. The Morgan fingerprint density at radius 1 is 1.38 bits per heavy atom. The molecule has 0 saturated heterocycles. The number of nitro groups is 1. The summed E-state index contributed by atoms with van der Waals surface area (Å²) in [4.78, 5) is 12.6. The molecule has 2 rings (SSSR count). The first kappa shape index (κ1) is 15.4. The fourth-order valence-corrected chi connectivity index (χ4v) is 3.44. The number of hydrogen-bond donors (Lipinski definition) is 1. The maximum atomic E-state index is 11.7. The number of rotatable bonds is 5. The van der Waals surface area contributed by atoms with Crippen LogP contribution in [0.1, 0.15) is 4.88 Å². The van der Waals surface area contributed by atoms with Gasteiger partial charge in [0.15, 0.2) is 0 Å². The number of primary sulfonamides is 1. The van der Waals surface area contributed by atoms with Gasteiger partial charge < -0.3 is 4.90 Å². The Morgan fingerprint density at radius 2 is 2.10 bits per heavy atom. The molecule has 2 aromatic rings. The molecule has 0 aliphatic rings. The van der Waals surface area contributed by atoms with Crippen molar-refractivity contribution in [2.45, 2.75) is 11.4 Å². The zero-order valence-corrected chi connectivity index (χ0v) is 12.7. The zero-order valence-electron chi connectivity index (χ0n) is 11.1. The van der Waals surface area contributed by atoms with Gasteiger partial charge in [-0.2, -0.15) is 0 Å². The molecule has 0 saturated carbocycles. The first-order valence-corrected chi connectivity index (χ1v) is 8.26. The van der Waals surface area contributed by atoms with Crippen LogP contribution in [0, 0.1) is 10.1 Å². The van der Waals surface area contributed by atoms with Crippen LogP contribution in [0.15, 0.2) is 40.6 Å². The number of sulfonamides is 1. The van der Waals surface area contributed by atoms with Gasteiger partial charge in [0.2, 0.25) is 10.0 Å². The van der Waals surface area contributed by atoms with Gasteiger partial charge in [-0.3, -0.25) is 10.1 Å². The number of thiophene rings is 1. The maximum absolute atomic E-state index is 11.7. The van der Waals surface area contributed by atoms with Gasteiger partial charge >= 0.3 is 0 Å². The summed E-state index contributed by atoms with van der Waals surface area (Å²) < 4.78 is 23.3. The Hall–Kier alpha value is -1.97. The fraction of sp³-hybridized carbons (Fsp3) is 0.167. The molecule has 0 atom stereocenters. The molecule has 0 aliphatic heterocycles. The molecule has 0 spiro atoms. The molecule has 0 aliphatic carbocycles. The van der Waals surface area contributed by atoms with E-state index >= 15 is 0 Å². The second kappa shape index (κ2) is 5.80. The van der Waals surface area contributed by atoms with Gasteiger partial charge in [-0.25, -0.2) is 13.6 Å². The molecule has 7 nitrogen and oxygen atoms in total. The van der Waals surface area contributed by atoms with Crippen molar-refractivity contribution in [3.63, 3.8) is 0 Å². The molecule has 1 aromatic heterocycles. The number of nitro benzene ring substituents is 1. The molecule has 0 bridgehead atoms. The van der Waals surface area contributed by atoms with Crippen LogP contribution in [0.3, 0.4) is 0 Å². The van der Waals surface area contributed by atoms with Gasteiger partial charge in [-0.1, -0.05) is 6.07 Å². The van der Waals surface area contributed by atoms with E-state index in [1.165, 1.54) is 23.5 Å². The van der Waals surface area contributed by atoms with E-state index in [9.17, 15) is 18.5 Å². The molecular formula is C12H13N3O4S2. The van der Waals surface area contributed by atoms with E-state index in [-0.39, 0.29) is 10.6 Å². The summed E-state index contributed by atoms with van der Waals surface area (Å²) in [5.41, 5.74) is 0.0174. The maximum Gasteiger partial charge on any atom is 0.270 e. The standard InChI is InChI=1S/C12H13N3O4S2/c1-14(8-10-3-2-6-20-10)11-5-4-9(15(16)17)7-12(11)21(13,18)19/h2-7H,8H2,1H3,(H2,13,18,19). The second-order valence-electron chi connectivity index (χ2n) is 4.39. The molecule has 21 heavy (non-hydrogen) atoms. The van der Waals surface area contributed by atoms with E-state index in [0.29, 0.717) is 12.2 Å². The Kier molecular flexibility index (Phi) is 4.26. The molecule has 9 heteroatoms. The largest absolute Gasteiger partial charge is 0.368 e. The summed E-state index contributed by atoms with van der Waals surface area (Å²) in [6, 6.07) is 7.45. The van der Waals surface area contributed by atoms with E-state index in [2.05, 4.69) is 0 Å². The van der Waals surface area contributed by atoms with Crippen molar-refractivity contribution in [1.29, 1.82) is 0 Å². The molecule has 0 radical (unpaired) electrons. The third-order valence-electron chi connectivity index (χ3n) is 2.85. The van der Waals surface area contributed by atoms with Crippen LogP contribution in [0.2, 0.25) is 0 Å². The van der Waals surface area contributed by atoms with E-state index in [0.717, 1.165) is 10.9 Å². The Labute approximate surface area is 125 Å². The number of nitrogens with two attached hydrogens (primary N) is 1. The summed E-state index contributed by atoms with van der Waals surface area (Å²) >= 11 is 1.54. The molecular weight excluding hydrogens is 314 g/mol. The lowest BCUT2D eigenvalue weighted by Crippen LogP contribution is -2.21. The van der Waals surface area contributed by atoms with Crippen LogP contribution in [-0.2, 0) is 16.6 Å². The lowest BCUT2D eigenvalue weighted by Gasteiger charge is -2.20. The summed E-state index contributed by atoms with van der Waals surface area (Å²) in [6.45, 7) is 0.484. The van der Waals surface area contributed by atoms with E-state index in [1.807, 2.05) is 17.5 Å². The molecule has 0 amide bonds. The fourth-order valence-electron chi connectivity index (χ4n) is 1.88. The summed E-state index contributed by atoms with van der Waals surface area (Å²) in [5, 5.41) is 17.9. The van der Waals surface area contributed by atoms with Crippen LogP contribution in [0.5, 0.6) is 0 Å². The van der Waals surface area contributed by atoms with Crippen LogP contribution in [-0.4, -0.2) is 20.4 Å². The van der Waals surface area contributed by atoms with E-state index < -0.39 is 14.9 Å². The van der Waals surface area contributed by atoms with Crippen molar-refractivity contribution in [2.24, 2.45) is 5.14 Å². The lowest BCUT2D eigenvalue weighted by atomic mass is 10.2. The highest BCUT2D eigenvalue weighted by Crippen LogP contribution is 2.29. The summed E-state index contributed by atoms with van der Waals surface area (Å²) in [5.74, 6) is 0. The van der Waals surface area contributed by atoms with E-state index in [4.69, 9.17) is 5.14 Å². The first-order chi connectivity index (χ1) is 9.79. The number of benzene rings is 1. The van der Waals surface area contributed by atoms with Crippen LogP contribution in [0.25, 0.3) is 0 Å². The van der Waals surface area contributed by atoms with Crippen molar-refractivity contribution >= 4 is 32.7 Å². The van der Waals surface area contributed by atoms with Gasteiger partial charge in [-0.05, 0) is 17.5 Å². The third kappa shape index (κ3) is 3.57. The van der Waals surface area contributed by atoms with Gasteiger partial charge in [-0.15, -0.1) is 11.3 Å². The first-order valence-electron chi connectivity index (χ1n) is 5.84. The Morgan fingerprint density at radius 3 is 2.62 bits per heavy atom. The van der Waals surface area contributed by atoms with E-state index in [1.54, 1.807) is 11.9 Å². The highest BCUT2D eigenvalue weighted by Gasteiger charge is 2.21. The van der Waals surface area contributed by atoms with Crippen LogP contribution < -0.4 is 10.0 Å². The minimum Gasteiger partial charge on any atom is -0.368 e. The van der Waals surface area contributed by atoms with Gasteiger partial charge in [0.1, 0.15) is 4.90 Å². The number of non-ortho nitro benzene ring substituents is 1. The molecule has 2 N–H and O–H groups in total. The molecule has 1 aromatic carbocycles. The molecule has 0 unspecified atom stereocenters. The average Bonchev–Trinajstić information content (AvgIpc) is 2.89. The molecule has 0 fully saturated rings. The van der Waals surface area contributed by atoms with Crippen molar-refractivity contribution < 1.29 is 13.3 Å². The minimum atomic E-state index is -4.06. The van der Waals surface area contributed by atoms with Crippen molar-refractivity contribution in [3.05, 3.63) is 50.7 Å².